The zero-order valence-corrected chi connectivity index (χ0v) is 12.5. The lowest BCUT2D eigenvalue weighted by atomic mass is 10.3. The number of rotatable bonds is 4. The van der Waals surface area contributed by atoms with Crippen LogP contribution in [0.5, 0.6) is 0 Å². The molecule has 1 saturated heterocycles. The van der Waals surface area contributed by atoms with Gasteiger partial charge in [-0.25, -0.2) is 0 Å². The van der Waals surface area contributed by atoms with Crippen LogP contribution in [0.4, 0.5) is 0 Å². The first-order chi connectivity index (χ1) is 8.63. The van der Waals surface area contributed by atoms with Crippen LogP contribution in [0.3, 0.4) is 0 Å². The molecule has 0 saturated carbocycles. The molecule has 0 unspecified atom stereocenters. The summed E-state index contributed by atoms with van der Waals surface area (Å²) in [4.78, 5) is 16.5. The number of halogens is 1. The summed E-state index contributed by atoms with van der Waals surface area (Å²) in [5.74, 6) is -0.731. The summed E-state index contributed by atoms with van der Waals surface area (Å²) < 4.78 is 1.14. The molecule has 0 bridgehead atoms. The van der Waals surface area contributed by atoms with E-state index in [0.29, 0.717) is 0 Å². The SMILES string of the molecule is O=C(O)CN1CCCN(Cc2cc(Br)cs2)CC1. The highest BCUT2D eigenvalue weighted by atomic mass is 79.9. The predicted octanol–water partition coefficient (Wildman–Crippen LogP) is 2.10. The van der Waals surface area contributed by atoms with E-state index in [-0.39, 0.29) is 6.54 Å². The monoisotopic (exact) mass is 332 g/mol. The Morgan fingerprint density at radius 2 is 2.06 bits per heavy atom. The smallest absolute Gasteiger partial charge is 0.317 e. The molecule has 6 heteroatoms. The van der Waals surface area contributed by atoms with Crippen LogP contribution >= 0.6 is 27.3 Å². The zero-order valence-electron chi connectivity index (χ0n) is 10.1. The molecule has 1 fully saturated rings. The lowest BCUT2D eigenvalue weighted by Gasteiger charge is -2.20. The van der Waals surface area contributed by atoms with Gasteiger partial charge in [0.05, 0.1) is 6.54 Å². The van der Waals surface area contributed by atoms with Gasteiger partial charge >= 0.3 is 5.97 Å². The molecule has 0 aliphatic carbocycles. The highest BCUT2D eigenvalue weighted by molar-refractivity contribution is 9.10. The van der Waals surface area contributed by atoms with E-state index in [9.17, 15) is 4.79 Å². The van der Waals surface area contributed by atoms with Gasteiger partial charge in [0, 0.05) is 40.9 Å². The summed E-state index contributed by atoms with van der Waals surface area (Å²) in [6.07, 6.45) is 1.04. The van der Waals surface area contributed by atoms with Gasteiger partial charge in [0.25, 0.3) is 0 Å². The largest absolute Gasteiger partial charge is 0.480 e. The summed E-state index contributed by atoms with van der Waals surface area (Å²) in [5, 5.41) is 10.9. The molecule has 1 aromatic rings. The minimum Gasteiger partial charge on any atom is -0.480 e. The van der Waals surface area contributed by atoms with Crippen molar-refractivity contribution >= 4 is 33.2 Å². The fraction of sp³-hybridized carbons (Fsp3) is 0.583. The number of aliphatic carboxylic acids is 1. The van der Waals surface area contributed by atoms with Gasteiger partial charge in [-0.1, -0.05) is 0 Å². The molecule has 4 nitrogen and oxygen atoms in total. The van der Waals surface area contributed by atoms with Crippen molar-refractivity contribution < 1.29 is 9.90 Å². The maximum Gasteiger partial charge on any atom is 0.317 e. The molecule has 0 atom stereocenters. The van der Waals surface area contributed by atoms with Crippen molar-refractivity contribution in [3.8, 4) is 0 Å². The maximum atomic E-state index is 10.7. The predicted molar refractivity (Wildman–Crippen MR) is 76.0 cm³/mol. The van der Waals surface area contributed by atoms with E-state index in [1.54, 1.807) is 11.3 Å². The molecule has 1 N–H and O–H groups in total. The molecule has 1 aliphatic rings. The Labute approximate surface area is 119 Å². The second kappa shape index (κ2) is 6.65. The Balaban J connectivity index is 1.83. The third kappa shape index (κ3) is 4.35. The molecule has 2 heterocycles. The minimum absolute atomic E-state index is 0.165. The van der Waals surface area contributed by atoms with Crippen LogP contribution < -0.4 is 0 Å². The third-order valence-corrected chi connectivity index (χ3v) is 4.72. The molecule has 1 aromatic heterocycles. The van der Waals surface area contributed by atoms with E-state index in [2.05, 4.69) is 32.3 Å². The molecule has 100 valence electrons. The van der Waals surface area contributed by atoms with E-state index in [0.717, 1.165) is 43.6 Å². The van der Waals surface area contributed by atoms with Crippen LogP contribution in [0.25, 0.3) is 0 Å². The van der Waals surface area contributed by atoms with Gasteiger partial charge in [0.2, 0.25) is 0 Å². The average molecular weight is 333 g/mol. The molecule has 1 aliphatic heterocycles. The van der Waals surface area contributed by atoms with Crippen molar-refractivity contribution in [2.75, 3.05) is 32.7 Å². The first-order valence-corrected chi connectivity index (χ1v) is 7.70. The third-order valence-electron chi connectivity index (χ3n) is 3.04. The van der Waals surface area contributed by atoms with Crippen molar-refractivity contribution in [1.82, 2.24) is 9.80 Å². The van der Waals surface area contributed by atoms with Gasteiger partial charge in [-0.3, -0.25) is 14.6 Å². The number of carboxylic acids is 1. The fourth-order valence-electron chi connectivity index (χ4n) is 2.19. The van der Waals surface area contributed by atoms with E-state index >= 15 is 0 Å². The molecule has 0 spiro atoms. The molecular weight excluding hydrogens is 316 g/mol. The van der Waals surface area contributed by atoms with E-state index < -0.39 is 5.97 Å². The van der Waals surface area contributed by atoms with Crippen molar-refractivity contribution in [1.29, 1.82) is 0 Å². The number of thiophene rings is 1. The van der Waals surface area contributed by atoms with Crippen LogP contribution in [0, 0.1) is 0 Å². The normalized spacial score (nSPS) is 18.7. The average Bonchev–Trinajstić information content (AvgIpc) is 2.57. The van der Waals surface area contributed by atoms with Crippen LogP contribution in [0.1, 0.15) is 11.3 Å². The summed E-state index contributed by atoms with van der Waals surface area (Å²) in [6, 6.07) is 2.16. The topological polar surface area (TPSA) is 43.8 Å². The summed E-state index contributed by atoms with van der Waals surface area (Å²) in [7, 11) is 0. The molecule has 2 rings (SSSR count). The molecule has 0 aromatic carbocycles. The standard InChI is InChI=1S/C12H17BrN2O2S/c13-10-6-11(18-9-10)7-14-2-1-3-15(5-4-14)8-12(16)17/h6,9H,1-5,7-8H2,(H,16,17). The lowest BCUT2D eigenvalue weighted by molar-refractivity contribution is -0.138. The Kier molecular flexibility index (Phi) is 5.17. The Morgan fingerprint density at radius 1 is 1.33 bits per heavy atom. The van der Waals surface area contributed by atoms with Gasteiger partial charge in [0.15, 0.2) is 0 Å². The molecule has 0 amide bonds. The number of carbonyl (C=O) groups is 1. The Morgan fingerprint density at radius 3 is 2.72 bits per heavy atom. The van der Waals surface area contributed by atoms with Gasteiger partial charge in [0.1, 0.15) is 0 Å². The lowest BCUT2D eigenvalue weighted by Crippen LogP contribution is -2.33. The zero-order chi connectivity index (χ0) is 13.0. The highest BCUT2D eigenvalue weighted by Crippen LogP contribution is 2.21. The van der Waals surface area contributed by atoms with Crippen LogP contribution in [0.15, 0.2) is 15.9 Å². The number of nitrogens with zero attached hydrogens (tertiary/aromatic N) is 2. The number of carboxylic acid groups (broad SMARTS) is 1. The number of hydrogen-bond donors (Lipinski definition) is 1. The van der Waals surface area contributed by atoms with Crippen molar-refractivity contribution in [3.63, 3.8) is 0 Å². The second-order valence-corrected chi connectivity index (χ2v) is 6.44. The maximum absolute atomic E-state index is 10.7. The van der Waals surface area contributed by atoms with Gasteiger partial charge in [-0.05, 0) is 35.0 Å². The highest BCUT2D eigenvalue weighted by Gasteiger charge is 2.17. The Hall–Kier alpha value is -0.430. The molecule has 18 heavy (non-hydrogen) atoms. The minimum atomic E-state index is -0.731. The van der Waals surface area contributed by atoms with E-state index in [1.807, 2.05) is 4.90 Å². The number of hydrogen-bond acceptors (Lipinski definition) is 4. The summed E-state index contributed by atoms with van der Waals surface area (Å²) in [6.45, 7) is 4.86. The Bertz CT molecular complexity index is 411. The summed E-state index contributed by atoms with van der Waals surface area (Å²) in [5.41, 5.74) is 0. The fourth-order valence-corrected chi connectivity index (χ4v) is 3.68. The first kappa shape index (κ1) is 14.0. The van der Waals surface area contributed by atoms with Gasteiger partial charge in [-0.15, -0.1) is 11.3 Å². The quantitative estimate of drug-likeness (QED) is 0.917. The molecular formula is C12H17BrN2O2S. The molecule has 0 radical (unpaired) electrons. The van der Waals surface area contributed by atoms with E-state index in [4.69, 9.17) is 5.11 Å². The van der Waals surface area contributed by atoms with Crippen molar-refractivity contribution in [3.05, 3.63) is 20.8 Å². The van der Waals surface area contributed by atoms with Crippen molar-refractivity contribution in [2.45, 2.75) is 13.0 Å². The van der Waals surface area contributed by atoms with Crippen LogP contribution in [-0.4, -0.2) is 53.6 Å². The van der Waals surface area contributed by atoms with Gasteiger partial charge in [-0.2, -0.15) is 0 Å². The van der Waals surface area contributed by atoms with Gasteiger partial charge < -0.3 is 5.11 Å². The van der Waals surface area contributed by atoms with Crippen molar-refractivity contribution in [2.24, 2.45) is 0 Å². The van der Waals surface area contributed by atoms with E-state index in [1.165, 1.54) is 4.88 Å². The second-order valence-electron chi connectivity index (χ2n) is 4.53. The first-order valence-electron chi connectivity index (χ1n) is 6.03. The summed E-state index contributed by atoms with van der Waals surface area (Å²) >= 11 is 5.23. The van der Waals surface area contributed by atoms with Crippen LogP contribution in [0.2, 0.25) is 0 Å². The van der Waals surface area contributed by atoms with Crippen LogP contribution in [-0.2, 0) is 11.3 Å².